The minimum Gasteiger partial charge on any atom is -0.355 e. The van der Waals surface area contributed by atoms with Crippen LogP contribution in [0, 0.1) is 5.92 Å². The van der Waals surface area contributed by atoms with E-state index in [-0.39, 0.29) is 23.8 Å². The van der Waals surface area contributed by atoms with Gasteiger partial charge in [-0.3, -0.25) is 19.9 Å². The Kier molecular flexibility index (Phi) is 10.5. The Balaban J connectivity index is 2.47. The Morgan fingerprint density at radius 1 is 1.11 bits per heavy atom. The molecule has 0 heterocycles. The topological polar surface area (TPSA) is 118 Å². The number of hydrogen-bond acceptors (Lipinski definition) is 6. The van der Waals surface area contributed by atoms with Crippen molar-refractivity contribution in [2.24, 2.45) is 11.7 Å². The van der Waals surface area contributed by atoms with Crippen molar-refractivity contribution in [3.05, 3.63) is 29.8 Å². The molecule has 2 unspecified atom stereocenters. The molecule has 28 heavy (non-hydrogen) atoms. The van der Waals surface area contributed by atoms with E-state index in [9.17, 15) is 9.59 Å². The molecule has 0 saturated heterocycles. The zero-order chi connectivity index (χ0) is 21.1. The van der Waals surface area contributed by atoms with E-state index in [1.807, 2.05) is 45.0 Å². The molecule has 8 nitrogen and oxygen atoms in total. The standard InChI is InChI=1S/C20H35N5O3/c1-6-22-20(27)18(13(2)3)24-19(26)14(4)23-12-16(21)11-15-7-9-17(10-8-15)25-28-5/h7-10,13-14,16,18,23,25H,6,11-12,21H2,1-5H3,(H,22,27)(H,24,26)/t14?,16-,18?/m0/s1. The summed E-state index contributed by atoms with van der Waals surface area (Å²) in [6.07, 6.45) is 0.683. The van der Waals surface area contributed by atoms with Gasteiger partial charge in [0.15, 0.2) is 0 Å². The summed E-state index contributed by atoms with van der Waals surface area (Å²) in [6.45, 7) is 8.44. The van der Waals surface area contributed by atoms with E-state index >= 15 is 0 Å². The first-order valence-electron chi connectivity index (χ1n) is 9.73. The quantitative estimate of drug-likeness (QED) is 0.335. The minimum atomic E-state index is -0.551. The van der Waals surface area contributed by atoms with Crippen molar-refractivity contribution in [3.8, 4) is 0 Å². The smallest absolute Gasteiger partial charge is 0.242 e. The van der Waals surface area contributed by atoms with Gasteiger partial charge in [0.1, 0.15) is 6.04 Å². The van der Waals surface area contributed by atoms with Crippen LogP contribution in [0.2, 0.25) is 0 Å². The summed E-state index contributed by atoms with van der Waals surface area (Å²) in [5.41, 5.74) is 10.9. The van der Waals surface area contributed by atoms with E-state index in [1.165, 1.54) is 0 Å². The summed E-state index contributed by atoms with van der Waals surface area (Å²) in [4.78, 5) is 29.4. The SMILES string of the molecule is CCNC(=O)C(NC(=O)C(C)NC[C@@H](N)Cc1ccc(NOC)cc1)C(C)C. The fourth-order valence-electron chi connectivity index (χ4n) is 2.72. The lowest BCUT2D eigenvalue weighted by atomic mass is 10.0. The summed E-state index contributed by atoms with van der Waals surface area (Å²) in [5, 5.41) is 8.72. The highest BCUT2D eigenvalue weighted by atomic mass is 16.6. The van der Waals surface area contributed by atoms with Gasteiger partial charge in [0.2, 0.25) is 11.8 Å². The van der Waals surface area contributed by atoms with Crippen LogP contribution in [-0.4, -0.2) is 50.1 Å². The van der Waals surface area contributed by atoms with Crippen LogP contribution in [0.3, 0.4) is 0 Å². The largest absolute Gasteiger partial charge is 0.355 e. The van der Waals surface area contributed by atoms with Crippen molar-refractivity contribution in [2.75, 3.05) is 25.7 Å². The molecule has 158 valence electrons. The van der Waals surface area contributed by atoms with Crippen LogP contribution >= 0.6 is 0 Å². The summed E-state index contributed by atoms with van der Waals surface area (Å²) < 4.78 is 0. The van der Waals surface area contributed by atoms with E-state index in [2.05, 4.69) is 21.4 Å². The van der Waals surface area contributed by atoms with Crippen molar-refractivity contribution < 1.29 is 14.4 Å². The molecular weight excluding hydrogens is 358 g/mol. The Morgan fingerprint density at radius 2 is 1.75 bits per heavy atom. The number of nitrogens with one attached hydrogen (secondary N) is 4. The molecular formula is C20H35N5O3. The molecule has 0 aliphatic heterocycles. The van der Waals surface area contributed by atoms with Gasteiger partial charge in [-0.25, -0.2) is 0 Å². The predicted molar refractivity (Wildman–Crippen MR) is 112 cm³/mol. The van der Waals surface area contributed by atoms with Crippen LogP contribution in [-0.2, 0) is 20.8 Å². The molecule has 0 fully saturated rings. The fraction of sp³-hybridized carbons (Fsp3) is 0.600. The number of carbonyl (C=O) groups excluding carboxylic acids is 2. The van der Waals surface area contributed by atoms with Crippen LogP contribution in [0.1, 0.15) is 33.3 Å². The van der Waals surface area contributed by atoms with E-state index < -0.39 is 12.1 Å². The van der Waals surface area contributed by atoms with Crippen molar-refractivity contribution >= 4 is 17.5 Å². The number of amides is 2. The summed E-state index contributed by atoms with van der Waals surface area (Å²) in [7, 11) is 1.56. The molecule has 3 atom stereocenters. The van der Waals surface area contributed by atoms with Crippen molar-refractivity contribution in [1.29, 1.82) is 0 Å². The number of hydrogen-bond donors (Lipinski definition) is 5. The lowest BCUT2D eigenvalue weighted by Crippen LogP contribution is -2.55. The fourth-order valence-corrected chi connectivity index (χ4v) is 2.72. The van der Waals surface area contributed by atoms with E-state index in [4.69, 9.17) is 10.6 Å². The maximum atomic E-state index is 12.4. The second-order valence-corrected chi connectivity index (χ2v) is 7.22. The molecule has 0 aliphatic rings. The zero-order valence-corrected chi connectivity index (χ0v) is 17.5. The van der Waals surface area contributed by atoms with Gasteiger partial charge in [0.05, 0.1) is 18.8 Å². The molecule has 0 bridgehead atoms. The molecule has 0 radical (unpaired) electrons. The third-order valence-electron chi connectivity index (χ3n) is 4.35. The van der Waals surface area contributed by atoms with Crippen LogP contribution in [0.4, 0.5) is 5.69 Å². The first-order chi connectivity index (χ1) is 13.3. The molecule has 0 aliphatic carbocycles. The van der Waals surface area contributed by atoms with Gasteiger partial charge >= 0.3 is 0 Å². The number of anilines is 1. The third-order valence-corrected chi connectivity index (χ3v) is 4.35. The van der Waals surface area contributed by atoms with E-state index in [1.54, 1.807) is 14.0 Å². The molecule has 6 N–H and O–H groups in total. The average molecular weight is 394 g/mol. The summed E-state index contributed by atoms with van der Waals surface area (Å²) in [6, 6.07) is 6.67. The van der Waals surface area contributed by atoms with E-state index in [0.717, 1.165) is 11.3 Å². The number of benzene rings is 1. The molecule has 1 rings (SSSR count). The van der Waals surface area contributed by atoms with Gasteiger partial charge in [-0.1, -0.05) is 26.0 Å². The van der Waals surface area contributed by atoms with Gasteiger partial charge in [0, 0.05) is 19.1 Å². The van der Waals surface area contributed by atoms with Crippen LogP contribution in [0.15, 0.2) is 24.3 Å². The third kappa shape index (κ3) is 8.24. The molecule has 1 aromatic carbocycles. The lowest BCUT2D eigenvalue weighted by Gasteiger charge is -2.24. The van der Waals surface area contributed by atoms with Crippen molar-refractivity contribution in [1.82, 2.24) is 16.0 Å². The number of nitrogens with two attached hydrogens (primary N) is 1. The van der Waals surface area contributed by atoms with Gasteiger partial charge in [-0.15, -0.1) is 0 Å². The summed E-state index contributed by atoms with van der Waals surface area (Å²) in [5.74, 6) is -0.381. The lowest BCUT2D eigenvalue weighted by molar-refractivity contribution is -0.130. The first-order valence-corrected chi connectivity index (χ1v) is 9.73. The highest BCUT2D eigenvalue weighted by molar-refractivity contribution is 5.89. The minimum absolute atomic E-state index is 0.000488. The maximum absolute atomic E-state index is 12.4. The van der Waals surface area contributed by atoms with E-state index in [0.29, 0.717) is 19.5 Å². The molecule has 8 heteroatoms. The monoisotopic (exact) mass is 393 g/mol. The number of likely N-dealkylation sites (N-methyl/N-ethyl adjacent to an activating group) is 1. The second kappa shape index (κ2) is 12.3. The normalized spacial score (nSPS) is 14.2. The highest BCUT2D eigenvalue weighted by Gasteiger charge is 2.25. The molecule has 1 aromatic rings. The Labute approximate surface area is 167 Å². The van der Waals surface area contributed by atoms with Gasteiger partial charge in [-0.05, 0) is 43.9 Å². The predicted octanol–water partition coefficient (Wildman–Crippen LogP) is 0.785. The average Bonchev–Trinajstić information content (AvgIpc) is 2.65. The van der Waals surface area contributed by atoms with Gasteiger partial charge in [-0.2, -0.15) is 0 Å². The van der Waals surface area contributed by atoms with Gasteiger partial charge < -0.3 is 21.7 Å². The van der Waals surface area contributed by atoms with Crippen molar-refractivity contribution in [2.45, 2.75) is 52.2 Å². The number of carbonyl (C=O) groups is 2. The molecule has 2 amide bonds. The Morgan fingerprint density at radius 3 is 2.29 bits per heavy atom. The molecule has 0 aromatic heterocycles. The maximum Gasteiger partial charge on any atom is 0.242 e. The summed E-state index contributed by atoms with van der Waals surface area (Å²) >= 11 is 0. The van der Waals surface area contributed by atoms with Crippen LogP contribution in [0.5, 0.6) is 0 Å². The molecule has 0 spiro atoms. The first kappa shape index (κ1) is 23.9. The molecule has 0 saturated carbocycles. The van der Waals surface area contributed by atoms with Crippen LogP contribution < -0.4 is 27.2 Å². The Hall–Kier alpha value is -2.16. The van der Waals surface area contributed by atoms with Crippen molar-refractivity contribution in [3.63, 3.8) is 0 Å². The second-order valence-electron chi connectivity index (χ2n) is 7.22. The Bertz CT molecular complexity index is 606. The van der Waals surface area contributed by atoms with Crippen LogP contribution in [0.25, 0.3) is 0 Å². The zero-order valence-electron chi connectivity index (χ0n) is 17.5. The van der Waals surface area contributed by atoms with Gasteiger partial charge in [0.25, 0.3) is 0 Å². The highest BCUT2D eigenvalue weighted by Crippen LogP contribution is 2.10. The number of rotatable bonds is 12.